The van der Waals surface area contributed by atoms with Gasteiger partial charge in [-0.05, 0) is 42.3 Å². The first-order chi connectivity index (χ1) is 16.0. The molecule has 6 heteroatoms. The second-order valence-corrected chi connectivity index (χ2v) is 9.05. The Kier molecular flexibility index (Phi) is 9.07. The molecule has 0 aromatic heterocycles. The summed E-state index contributed by atoms with van der Waals surface area (Å²) in [5.74, 6) is -0.0598. The molecule has 4 nitrogen and oxygen atoms in total. The molecule has 1 atom stereocenters. The van der Waals surface area contributed by atoms with Crippen LogP contribution in [0.25, 0.3) is 0 Å². The van der Waals surface area contributed by atoms with Crippen LogP contribution in [-0.4, -0.2) is 35.6 Å². The van der Waals surface area contributed by atoms with Gasteiger partial charge in [0.1, 0.15) is 11.9 Å². The van der Waals surface area contributed by atoms with Crippen LogP contribution in [0.3, 0.4) is 0 Å². The van der Waals surface area contributed by atoms with Gasteiger partial charge in [0.2, 0.25) is 11.8 Å². The molecule has 0 heterocycles. The molecule has 33 heavy (non-hydrogen) atoms. The normalized spacial score (nSPS) is 11.6. The lowest BCUT2D eigenvalue weighted by Crippen LogP contribution is -2.49. The summed E-state index contributed by atoms with van der Waals surface area (Å²) < 4.78 is 13.4. The third kappa shape index (κ3) is 7.46. The van der Waals surface area contributed by atoms with Gasteiger partial charge in [-0.1, -0.05) is 60.2 Å². The number of likely N-dealkylation sites (N-methyl/N-ethyl adjacent to an activating group) is 1. The first kappa shape index (κ1) is 24.5. The number of amides is 2. The van der Waals surface area contributed by atoms with E-state index in [9.17, 15) is 14.0 Å². The van der Waals surface area contributed by atoms with Gasteiger partial charge in [-0.3, -0.25) is 9.59 Å². The van der Waals surface area contributed by atoms with E-state index in [0.29, 0.717) is 18.6 Å². The summed E-state index contributed by atoms with van der Waals surface area (Å²) in [7, 11) is 1.58. The molecule has 0 saturated carbocycles. The molecule has 0 aliphatic rings. The average molecular weight is 465 g/mol. The van der Waals surface area contributed by atoms with Gasteiger partial charge < -0.3 is 10.2 Å². The third-order valence-corrected chi connectivity index (χ3v) is 6.40. The Morgan fingerprint density at radius 1 is 0.939 bits per heavy atom. The minimum atomic E-state index is -0.667. The van der Waals surface area contributed by atoms with Crippen LogP contribution in [0.1, 0.15) is 23.1 Å². The number of nitrogens with one attached hydrogen (secondary N) is 1. The Balaban J connectivity index is 1.79. The lowest BCUT2D eigenvalue weighted by atomic mass is 10.0. The van der Waals surface area contributed by atoms with E-state index >= 15 is 0 Å². The van der Waals surface area contributed by atoms with Gasteiger partial charge in [0.15, 0.2) is 0 Å². The molecule has 3 rings (SSSR count). The van der Waals surface area contributed by atoms with E-state index in [-0.39, 0.29) is 24.2 Å². The Morgan fingerprint density at radius 2 is 1.61 bits per heavy atom. The molecule has 0 radical (unpaired) electrons. The van der Waals surface area contributed by atoms with E-state index in [1.165, 1.54) is 17.7 Å². The fraction of sp³-hybridized carbons (Fsp3) is 0.259. The Labute approximate surface area is 199 Å². The standard InChI is InChI=1S/C27H29FN2O2S/c1-20-8-14-24(15-9-20)33-17-16-26(31)30(19-22-10-12-23(28)13-11-22)25(27(32)29-2)18-21-6-4-3-5-7-21/h3-15,25H,16-19H2,1-2H3,(H,29,32)/t25-/m0/s1. The van der Waals surface area contributed by atoms with Crippen molar-refractivity contribution in [2.45, 2.75) is 37.2 Å². The number of hydrogen-bond donors (Lipinski definition) is 1. The van der Waals surface area contributed by atoms with E-state index in [1.807, 2.05) is 61.5 Å². The molecule has 0 fully saturated rings. The summed E-state index contributed by atoms with van der Waals surface area (Å²) in [6.07, 6.45) is 0.695. The van der Waals surface area contributed by atoms with Crippen molar-refractivity contribution >= 4 is 23.6 Å². The molecular formula is C27H29FN2O2S. The highest BCUT2D eigenvalue weighted by molar-refractivity contribution is 7.99. The van der Waals surface area contributed by atoms with Crippen LogP contribution in [0.4, 0.5) is 4.39 Å². The number of rotatable bonds is 10. The molecule has 172 valence electrons. The van der Waals surface area contributed by atoms with Crippen LogP contribution in [0.2, 0.25) is 0 Å². The fourth-order valence-corrected chi connectivity index (χ4v) is 4.38. The smallest absolute Gasteiger partial charge is 0.242 e. The fourth-order valence-electron chi connectivity index (χ4n) is 3.54. The Bertz CT molecular complexity index is 1040. The summed E-state index contributed by atoms with van der Waals surface area (Å²) in [5, 5.41) is 2.70. The number of hydrogen-bond acceptors (Lipinski definition) is 3. The summed E-state index contributed by atoms with van der Waals surface area (Å²) in [5.41, 5.74) is 2.94. The Hall–Kier alpha value is -3.12. The highest BCUT2D eigenvalue weighted by atomic mass is 32.2. The maximum Gasteiger partial charge on any atom is 0.242 e. The van der Waals surface area contributed by atoms with Gasteiger partial charge in [-0.15, -0.1) is 11.8 Å². The summed E-state index contributed by atoms with van der Waals surface area (Å²) in [4.78, 5) is 29.0. The lowest BCUT2D eigenvalue weighted by molar-refractivity contribution is -0.140. The van der Waals surface area contributed by atoms with E-state index in [0.717, 1.165) is 16.0 Å². The first-order valence-corrected chi connectivity index (χ1v) is 11.9. The number of nitrogens with zero attached hydrogens (tertiary/aromatic N) is 1. The van der Waals surface area contributed by atoms with Crippen molar-refractivity contribution in [3.63, 3.8) is 0 Å². The number of carbonyl (C=O) groups excluding carboxylic acids is 2. The molecule has 0 spiro atoms. The van der Waals surface area contributed by atoms with Crippen LogP contribution in [-0.2, 0) is 22.6 Å². The van der Waals surface area contributed by atoms with E-state index in [2.05, 4.69) is 5.32 Å². The van der Waals surface area contributed by atoms with Crippen LogP contribution in [0, 0.1) is 12.7 Å². The maximum atomic E-state index is 13.4. The maximum absolute atomic E-state index is 13.4. The molecule has 0 unspecified atom stereocenters. The zero-order chi connectivity index (χ0) is 23.6. The largest absolute Gasteiger partial charge is 0.357 e. The summed E-state index contributed by atoms with van der Waals surface area (Å²) in [6, 6.07) is 23.2. The topological polar surface area (TPSA) is 49.4 Å². The summed E-state index contributed by atoms with van der Waals surface area (Å²) in [6.45, 7) is 2.27. The summed E-state index contributed by atoms with van der Waals surface area (Å²) >= 11 is 1.62. The number of aryl methyl sites for hydroxylation is 1. The molecular weight excluding hydrogens is 435 g/mol. The highest BCUT2D eigenvalue weighted by Crippen LogP contribution is 2.21. The number of thioether (sulfide) groups is 1. The minimum absolute atomic E-state index is 0.108. The average Bonchev–Trinajstić information content (AvgIpc) is 2.83. The van der Waals surface area contributed by atoms with Crippen molar-refractivity contribution in [1.82, 2.24) is 10.2 Å². The van der Waals surface area contributed by atoms with E-state index in [4.69, 9.17) is 0 Å². The molecule has 1 N–H and O–H groups in total. The quantitative estimate of drug-likeness (QED) is 0.430. The monoisotopic (exact) mass is 464 g/mol. The van der Waals surface area contributed by atoms with Crippen LogP contribution >= 0.6 is 11.8 Å². The predicted octanol–water partition coefficient (Wildman–Crippen LogP) is 5.00. The first-order valence-electron chi connectivity index (χ1n) is 10.9. The molecule has 0 saturated heterocycles. The van der Waals surface area contributed by atoms with Crippen molar-refractivity contribution in [2.75, 3.05) is 12.8 Å². The van der Waals surface area contributed by atoms with Gasteiger partial charge in [-0.25, -0.2) is 4.39 Å². The molecule has 2 amide bonds. The second kappa shape index (κ2) is 12.2. The number of halogens is 1. The lowest BCUT2D eigenvalue weighted by Gasteiger charge is -2.31. The molecule has 0 aliphatic carbocycles. The van der Waals surface area contributed by atoms with Gasteiger partial charge in [0, 0.05) is 37.1 Å². The SMILES string of the molecule is CNC(=O)[C@H](Cc1ccccc1)N(Cc1ccc(F)cc1)C(=O)CCSc1ccc(C)cc1. The highest BCUT2D eigenvalue weighted by Gasteiger charge is 2.29. The zero-order valence-electron chi connectivity index (χ0n) is 19.0. The second-order valence-electron chi connectivity index (χ2n) is 7.88. The van der Waals surface area contributed by atoms with Crippen molar-refractivity contribution in [3.05, 3.63) is 101 Å². The van der Waals surface area contributed by atoms with Gasteiger partial charge in [-0.2, -0.15) is 0 Å². The third-order valence-electron chi connectivity index (χ3n) is 5.39. The van der Waals surface area contributed by atoms with E-state index in [1.54, 1.807) is 35.8 Å². The van der Waals surface area contributed by atoms with Gasteiger partial charge >= 0.3 is 0 Å². The zero-order valence-corrected chi connectivity index (χ0v) is 19.8. The predicted molar refractivity (Wildman–Crippen MR) is 131 cm³/mol. The Morgan fingerprint density at radius 3 is 2.24 bits per heavy atom. The van der Waals surface area contributed by atoms with Crippen LogP contribution in [0.5, 0.6) is 0 Å². The van der Waals surface area contributed by atoms with E-state index < -0.39 is 6.04 Å². The molecule has 0 aliphatic heterocycles. The van der Waals surface area contributed by atoms with Crippen molar-refractivity contribution in [3.8, 4) is 0 Å². The van der Waals surface area contributed by atoms with Gasteiger partial charge in [0.25, 0.3) is 0 Å². The number of benzene rings is 3. The van der Waals surface area contributed by atoms with Gasteiger partial charge in [0.05, 0.1) is 0 Å². The van der Waals surface area contributed by atoms with Crippen molar-refractivity contribution in [1.29, 1.82) is 0 Å². The van der Waals surface area contributed by atoms with Crippen LogP contribution < -0.4 is 5.32 Å². The van der Waals surface area contributed by atoms with Crippen molar-refractivity contribution in [2.24, 2.45) is 0 Å². The van der Waals surface area contributed by atoms with Crippen molar-refractivity contribution < 1.29 is 14.0 Å². The molecule has 0 bridgehead atoms. The van der Waals surface area contributed by atoms with Crippen LogP contribution in [0.15, 0.2) is 83.8 Å². The number of carbonyl (C=O) groups is 2. The minimum Gasteiger partial charge on any atom is -0.357 e. The molecule has 3 aromatic rings. The molecule has 3 aromatic carbocycles.